The summed E-state index contributed by atoms with van der Waals surface area (Å²) in [6.45, 7) is 3.85. The van der Waals surface area contributed by atoms with Crippen LogP contribution in [-0.2, 0) is 36.5 Å². The minimum atomic E-state index is -4.62. The Hall–Kier alpha value is -3.63. The van der Waals surface area contributed by atoms with Crippen molar-refractivity contribution in [3.8, 4) is 5.75 Å². The van der Waals surface area contributed by atoms with Crippen molar-refractivity contribution in [3.63, 3.8) is 0 Å². The first-order valence-electron chi connectivity index (χ1n) is 14.6. The number of benzene rings is 2. The molecule has 0 aliphatic carbocycles. The van der Waals surface area contributed by atoms with E-state index in [0.717, 1.165) is 23.7 Å². The third-order valence-electron chi connectivity index (χ3n) is 6.21. The fourth-order valence-electron chi connectivity index (χ4n) is 3.81. The zero-order valence-corrected chi connectivity index (χ0v) is 26.7. The summed E-state index contributed by atoms with van der Waals surface area (Å²) in [4.78, 5) is 18.2. The van der Waals surface area contributed by atoms with Gasteiger partial charge in [-0.05, 0) is 42.0 Å². The maximum atomic E-state index is 13.7. The average molecular weight is 668 g/mol. The monoisotopic (exact) mass is 667 g/mol. The van der Waals surface area contributed by atoms with Crippen LogP contribution >= 0.6 is 11.9 Å². The highest BCUT2D eigenvalue weighted by Gasteiger charge is 2.35. The number of ether oxygens (including phenoxy) is 5. The Morgan fingerprint density at radius 3 is 2.13 bits per heavy atom. The summed E-state index contributed by atoms with van der Waals surface area (Å²) in [6.07, 6.45) is -0.721. The molecule has 15 heteroatoms. The van der Waals surface area contributed by atoms with E-state index in [2.05, 4.69) is 20.6 Å². The van der Waals surface area contributed by atoms with E-state index >= 15 is 0 Å². The van der Waals surface area contributed by atoms with Crippen LogP contribution in [0.2, 0.25) is 0 Å². The van der Waals surface area contributed by atoms with E-state index < -0.39 is 11.7 Å². The molecule has 1 heterocycles. The van der Waals surface area contributed by atoms with Crippen molar-refractivity contribution in [2.24, 2.45) is 0 Å². The summed E-state index contributed by atoms with van der Waals surface area (Å²) in [7, 11) is 1.91. The highest BCUT2D eigenvalue weighted by molar-refractivity contribution is 7.99. The van der Waals surface area contributed by atoms with E-state index in [1.54, 1.807) is 24.3 Å². The smallest absolute Gasteiger partial charge is 0.421 e. The zero-order valence-electron chi connectivity index (χ0n) is 25.9. The second-order valence-corrected chi connectivity index (χ2v) is 10.5. The Morgan fingerprint density at radius 2 is 1.52 bits per heavy atom. The number of aromatic nitrogens is 2. The van der Waals surface area contributed by atoms with E-state index in [-0.39, 0.29) is 18.3 Å². The molecule has 0 saturated carbocycles. The molecule has 0 fully saturated rings. The lowest BCUT2D eigenvalue weighted by molar-refractivity contribution is -0.137. The molecular weight excluding hydrogens is 627 g/mol. The highest BCUT2D eigenvalue weighted by atomic mass is 32.2. The Bertz CT molecular complexity index is 1310. The van der Waals surface area contributed by atoms with Gasteiger partial charge < -0.3 is 43.4 Å². The average Bonchev–Trinajstić information content (AvgIpc) is 3.05. The molecule has 3 aromatic rings. The molecule has 2 N–H and O–H groups in total. The van der Waals surface area contributed by atoms with Crippen LogP contribution < -0.4 is 19.7 Å². The van der Waals surface area contributed by atoms with Crippen molar-refractivity contribution in [1.29, 1.82) is 0 Å². The van der Waals surface area contributed by atoms with Gasteiger partial charge in [0.25, 0.3) is 0 Å². The van der Waals surface area contributed by atoms with Crippen molar-refractivity contribution in [2.75, 3.05) is 87.7 Å². The van der Waals surface area contributed by atoms with E-state index in [9.17, 15) is 18.0 Å². The number of rotatable bonds is 23. The number of anilines is 4. The lowest BCUT2D eigenvalue weighted by Gasteiger charge is -2.17. The van der Waals surface area contributed by atoms with Gasteiger partial charge >= 0.3 is 6.18 Å². The van der Waals surface area contributed by atoms with Crippen LogP contribution in [0.5, 0.6) is 5.75 Å². The van der Waals surface area contributed by atoms with Crippen LogP contribution in [0.1, 0.15) is 17.5 Å². The predicted molar refractivity (Wildman–Crippen MR) is 172 cm³/mol. The molecule has 0 aliphatic rings. The molecule has 0 aliphatic heterocycles. The Kier molecular flexibility index (Phi) is 16.4. The maximum Gasteiger partial charge on any atom is 0.421 e. The summed E-state index contributed by atoms with van der Waals surface area (Å²) < 4.78 is 70.2. The molecule has 0 spiro atoms. The molecule has 0 bridgehead atoms. The Morgan fingerprint density at radius 1 is 0.891 bits per heavy atom. The summed E-state index contributed by atoms with van der Waals surface area (Å²) in [6, 6.07) is 14.4. The van der Waals surface area contributed by atoms with Crippen LogP contribution in [0.15, 0.2) is 54.7 Å². The predicted octanol–water partition coefficient (Wildman–Crippen LogP) is 5.60. The largest absolute Gasteiger partial charge is 0.491 e. The van der Waals surface area contributed by atoms with Gasteiger partial charge in [-0.1, -0.05) is 24.1 Å². The molecule has 252 valence electrons. The van der Waals surface area contributed by atoms with Crippen molar-refractivity contribution < 1.29 is 41.7 Å². The molecule has 0 amide bonds. The van der Waals surface area contributed by atoms with Crippen LogP contribution in [0.4, 0.5) is 36.3 Å². The van der Waals surface area contributed by atoms with Crippen molar-refractivity contribution in [2.45, 2.75) is 19.1 Å². The first kappa shape index (κ1) is 36.8. The lowest BCUT2D eigenvalue weighted by atomic mass is 10.2. The fourth-order valence-corrected chi connectivity index (χ4v) is 4.14. The minimum Gasteiger partial charge on any atom is -0.491 e. The SMILES string of the molecule is CSN(C)c1cccc(CNc2nc(Nc3ccc(OCCOCCOCCOCCOCCC=O)cc3)ncc2C(F)(F)F)c1. The highest BCUT2D eigenvalue weighted by Crippen LogP contribution is 2.34. The minimum absolute atomic E-state index is 0.0160. The number of carbonyl (C=O) groups excluding carboxylic acids is 1. The number of nitrogens with zero attached hydrogens (tertiary/aromatic N) is 3. The molecule has 1 aromatic heterocycles. The van der Waals surface area contributed by atoms with Gasteiger partial charge in [0.05, 0.1) is 52.9 Å². The van der Waals surface area contributed by atoms with E-state index in [1.807, 2.05) is 41.9 Å². The second-order valence-electron chi connectivity index (χ2n) is 9.56. The first-order chi connectivity index (χ1) is 22.3. The van der Waals surface area contributed by atoms with E-state index in [1.165, 1.54) is 11.9 Å². The van der Waals surface area contributed by atoms with Crippen LogP contribution in [0, 0.1) is 0 Å². The van der Waals surface area contributed by atoms with Gasteiger partial charge in [-0.15, -0.1) is 0 Å². The summed E-state index contributed by atoms with van der Waals surface area (Å²) in [5.74, 6) is 0.297. The number of carbonyl (C=O) groups is 1. The number of nitrogens with one attached hydrogen (secondary N) is 2. The number of hydrogen-bond acceptors (Lipinski definition) is 12. The second kappa shape index (κ2) is 20.5. The maximum absolute atomic E-state index is 13.7. The summed E-state index contributed by atoms with van der Waals surface area (Å²) >= 11 is 1.53. The zero-order chi connectivity index (χ0) is 33.0. The fraction of sp³-hybridized carbons (Fsp3) is 0.452. The third-order valence-corrected chi connectivity index (χ3v) is 6.96. The van der Waals surface area contributed by atoms with Gasteiger partial charge in [0, 0.05) is 43.8 Å². The molecule has 3 rings (SSSR count). The molecular formula is C31H40F3N5O6S. The summed E-state index contributed by atoms with van der Waals surface area (Å²) in [5.41, 5.74) is 1.37. The molecule has 46 heavy (non-hydrogen) atoms. The quantitative estimate of drug-likeness (QED) is 0.0745. The summed E-state index contributed by atoms with van der Waals surface area (Å²) in [5, 5.41) is 5.77. The molecule has 0 atom stereocenters. The molecule has 0 radical (unpaired) electrons. The van der Waals surface area contributed by atoms with Crippen molar-refractivity contribution >= 4 is 41.4 Å². The van der Waals surface area contributed by atoms with Crippen LogP contribution in [-0.4, -0.2) is 89.0 Å². The first-order valence-corrected chi connectivity index (χ1v) is 15.8. The molecule has 11 nitrogen and oxygen atoms in total. The number of halogens is 3. The van der Waals surface area contributed by atoms with Gasteiger partial charge in [0.2, 0.25) is 5.95 Å². The van der Waals surface area contributed by atoms with Gasteiger partial charge in [-0.25, -0.2) is 4.98 Å². The van der Waals surface area contributed by atoms with Gasteiger partial charge in [0.1, 0.15) is 30.0 Å². The number of aldehydes is 1. The van der Waals surface area contributed by atoms with Crippen molar-refractivity contribution in [3.05, 3.63) is 65.9 Å². The van der Waals surface area contributed by atoms with Gasteiger partial charge in [-0.3, -0.25) is 0 Å². The number of alkyl halides is 3. The van der Waals surface area contributed by atoms with Crippen LogP contribution in [0.25, 0.3) is 0 Å². The normalized spacial score (nSPS) is 11.3. The van der Waals surface area contributed by atoms with E-state index in [0.29, 0.717) is 77.3 Å². The molecule has 0 saturated heterocycles. The van der Waals surface area contributed by atoms with E-state index in [4.69, 9.17) is 23.7 Å². The Labute approximate surface area is 271 Å². The van der Waals surface area contributed by atoms with Crippen LogP contribution in [0.3, 0.4) is 0 Å². The standard InChI is InChI=1S/C31H40F3N5O6S/c1-39(46-2)26-6-3-5-24(21-26)22-35-29-28(31(32,33)34)23-36-30(38-29)37-25-7-9-27(10-8-25)45-20-19-44-18-17-43-16-15-42-14-13-41-12-4-11-40/h3,5-11,21,23H,4,12-20,22H2,1-2H3,(H2,35,36,37,38). The van der Waals surface area contributed by atoms with Crippen molar-refractivity contribution in [1.82, 2.24) is 9.97 Å². The third kappa shape index (κ3) is 13.8. The van der Waals surface area contributed by atoms with Gasteiger partial charge in [-0.2, -0.15) is 18.2 Å². The van der Waals surface area contributed by atoms with Gasteiger partial charge in [0.15, 0.2) is 0 Å². The lowest BCUT2D eigenvalue weighted by Crippen LogP contribution is -2.14. The molecule has 2 aromatic carbocycles. The topological polar surface area (TPSA) is 116 Å². The molecule has 0 unspecified atom stereocenters. The number of hydrogen-bond donors (Lipinski definition) is 2. The Balaban J connectivity index is 1.38.